The summed E-state index contributed by atoms with van der Waals surface area (Å²) in [5.74, 6) is 0.159. The molecule has 0 unspecified atom stereocenters. The van der Waals surface area contributed by atoms with Crippen molar-refractivity contribution in [3.63, 3.8) is 0 Å². The first-order valence-corrected chi connectivity index (χ1v) is 10.3. The normalized spacial score (nSPS) is 11.0. The molecular weight excluding hydrogens is 406 g/mol. The summed E-state index contributed by atoms with van der Waals surface area (Å²) in [5.41, 5.74) is 4.50. The molecule has 0 aliphatic carbocycles. The minimum Gasteiger partial charge on any atom is -0.325 e. The van der Waals surface area contributed by atoms with Crippen LogP contribution in [0, 0.1) is 13.8 Å². The largest absolute Gasteiger partial charge is 0.325 e. The fourth-order valence-corrected chi connectivity index (χ4v) is 3.79. The lowest BCUT2D eigenvalue weighted by atomic mass is 10.1. The number of rotatable bonds is 5. The monoisotopic (exact) mass is 423 g/mol. The van der Waals surface area contributed by atoms with Crippen LogP contribution in [0.1, 0.15) is 11.1 Å². The Morgan fingerprint density at radius 3 is 2.72 bits per heavy atom. The predicted molar refractivity (Wildman–Crippen MR) is 117 cm³/mol. The SMILES string of the molecule is Cc1ccc(C)c(NC(=O)CSc2ncnc3c2cnn3-c2ccc(Cl)cc2)c1. The van der Waals surface area contributed by atoms with Crippen LogP contribution in [-0.4, -0.2) is 31.4 Å². The van der Waals surface area contributed by atoms with Gasteiger partial charge in [0.1, 0.15) is 11.4 Å². The summed E-state index contributed by atoms with van der Waals surface area (Å²) in [6, 6.07) is 13.4. The van der Waals surface area contributed by atoms with Crippen LogP contribution >= 0.6 is 23.4 Å². The minimum atomic E-state index is -0.0828. The fraction of sp³-hybridized carbons (Fsp3) is 0.143. The Morgan fingerprint density at radius 1 is 1.14 bits per heavy atom. The quantitative estimate of drug-likeness (QED) is 0.368. The maximum absolute atomic E-state index is 12.4. The highest BCUT2D eigenvalue weighted by atomic mass is 35.5. The van der Waals surface area contributed by atoms with Crippen LogP contribution in [0.3, 0.4) is 0 Å². The average Bonchev–Trinajstić information content (AvgIpc) is 3.14. The molecule has 4 rings (SSSR count). The Morgan fingerprint density at radius 2 is 1.93 bits per heavy atom. The van der Waals surface area contributed by atoms with Gasteiger partial charge in [-0.2, -0.15) is 5.10 Å². The van der Waals surface area contributed by atoms with Crippen LogP contribution in [0.4, 0.5) is 5.69 Å². The molecule has 6 nitrogen and oxygen atoms in total. The van der Waals surface area contributed by atoms with Crippen LogP contribution in [-0.2, 0) is 4.79 Å². The van der Waals surface area contributed by atoms with Gasteiger partial charge in [-0.1, -0.05) is 35.5 Å². The number of fused-ring (bicyclic) bond motifs is 1. The number of thioether (sulfide) groups is 1. The number of amides is 1. The van der Waals surface area contributed by atoms with Crippen LogP contribution in [0.15, 0.2) is 60.0 Å². The number of nitrogens with zero attached hydrogens (tertiary/aromatic N) is 4. The van der Waals surface area contributed by atoms with Gasteiger partial charge in [0, 0.05) is 10.7 Å². The number of nitrogens with one attached hydrogen (secondary N) is 1. The van der Waals surface area contributed by atoms with E-state index in [0.29, 0.717) is 15.7 Å². The van der Waals surface area contributed by atoms with E-state index in [0.717, 1.165) is 27.9 Å². The van der Waals surface area contributed by atoms with Crippen molar-refractivity contribution in [2.75, 3.05) is 11.1 Å². The zero-order valence-electron chi connectivity index (χ0n) is 15.9. The second-order valence-corrected chi connectivity index (χ2v) is 8.00. The minimum absolute atomic E-state index is 0.0828. The summed E-state index contributed by atoms with van der Waals surface area (Å²) < 4.78 is 1.73. The van der Waals surface area contributed by atoms with E-state index in [1.165, 1.54) is 18.1 Å². The van der Waals surface area contributed by atoms with Gasteiger partial charge in [-0.25, -0.2) is 14.6 Å². The molecule has 0 saturated heterocycles. The fourth-order valence-electron chi connectivity index (χ4n) is 2.90. The van der Waals surface area contributed by atoms with Crippen molar-refractivity contribution in [3.8, 4) is 5.69 Å². The Kier molecular flexibility index (Phi) is 5.51. The van der Waals surface area contributed by atoms with Gasteiger partial charge < -0.3 is 5.32 Å². The molecule has 0 radical (unpaired) electrons. The van der Waals surface area contributed by atoms with E-state index in [4.69, 9.17) is 11.6 Å². The van der Waals surface area contributed by atoms with Crippen LogP contribution < -0.4 is 5.32 Å². The molecule has 8 heteroatoms. The van der Waals surface area contributed by atoms with Gasteiger partial charge in [-0.05, 0) is 55.3 Å². The number of hydrogen-bond acceptors (Lipinski definition) is 5. The zero-order chi connectivity index (χ0) is 20.4. The van der Waals surface area contributed by atoms with Crippen molar-refractivity contribution in [1.29, 1.82) is 0 Å². The summed E-state index contributed by atoms with van der Waals surface area (Å²) in [6.45, 7) is 3.97. The number of anilines is 1. The first-order valence-electron chi connectivity index (χ1n) is 8.96. The standard InChI is InChI=1S/C21H18ClN5OS/c1-13-3-4-14(2)18(9-13)26-19(28)11-29-21-17-10-25-27(20(17)23-12-24-21)16-7-5-15(22)6-8-16/h3-10,12H,11H2,1-2H3,(H,26,28). The van der Waals surface area contributed by atoms with Gasteiger partial charge in [0.2, 0.25) is 5.91 Å². The van der Waals surface area contributed by atoms with E-state index in [-0.39, 0.29) is 11.7 Å². The predicted octanol–water partition coefficient (Wildman–Crippen LogP) is 4.82. The average molecular weight is 424 g/mol. The third-order valence-corrected chi connectivity index (χ3v) is 5.66. The second-order valence-electron chi connectivity index (χ2n) is 6.60. The molecule has 0 atom stereocenters. The number of carbonyl (C=O) groups excluding carboxylic acids is 1. The molecule has 2 aromatic carbocycles. The Hall–Kier alpha value is -2.90. The summed E-state index contributed by atoms with van der Waals surface area (Å²) in [7, 11) is 0. The van der Waals surface area contributed by atoms with Gasteiger partial charge in [0.25, 0.3) is 0 Å². The molecule has 29 heavy (non-hydrogen) atoms. The van der Waals surface area contributed by atoms with Crippen LogP contribution in [0.5, 0.6) is 0 Å². The molecule has 4 aromatic rings. The highest BCUT2D eigenvalue weighted by molar-refractivity contribution is 8.00. The van der Waals surface area contributed by atoms with Gasteiger partial charge >= 0.3 is 0 Å². The summed E-state index contributed by atoms with van der Waals surface area (Å²) in [4.78, 5) is 21.1. The number of aryl methyl sites for hydroxylation is 2. The van der Waals surface area contributed by atoms with Gasteiger partial charge in [-0.15, -0.1) is 0 Å². The Bertz CT molecular complexity index is 1190. The maximum Gasteiger partial charge on any atom is 0.234 e. The smallest absolute Gasteiger partial charge is 0.234 e. The summed E-state index contributed by atoms with van der Waals surface area (Å²) >= 11 is 7.33. The van der Waals surface area contributed by atoms with E-state index in [1.54, 1.807) is 23.0 Å². The third kappa shape index (κ3) is 4.26. The highest BCUT2D eigenvalue weighted by Crippen LogP contribution is 2.26. The molecule has 146 valence electrons. The number of halogens is 1. The van der Waals surface area contributed by atoms with E-state index >= 15 is 0 Å². The van der Waals surface area contributed by atoms with Crippen molar-refractivity contribution < 1.29 is 4.79 Å². The molecule has 1 N–H and O–H groups in total. The van der Waals surface area contributed by atoms with E-state index in [9.17, 15) is 4.79 Å². The lowest BCUT2D eigenvalue weighted by Crippen LogP contribution is -2.15. The molecule has 0 aliphatic heterocycles. The number of hydrogen-bond donors (Lipinski definition) is 1. The van der Waals surface area contributed by atoms with E-state index < -0.39 is 0 Å². The molecule has 1 amide bonds. The maximum atomic E-state index is 12.4. The molecule has 0 fully saturated rings. The molecule has 0 saturated carbocycles. The van der Waals surface area contributed by atoms with Crippen molar-refractivity contribution in [2.24, 2.45) is 0 Å². The summed E-state index contributed by atoms with van der Waals surface area (Å²) in [6.07, 6.45) is 3.20. The number of aromatic nitrogens is 4. The van der Waals surface area contributed by atoms with Crippen molar-refractivity contribution in [2.45, 2.75) is 18.9 Å². The first-order chi connectivity index (χ1) is 14.0. The molecule has 2 heterocycles. The second kappa shape index (κ2) is 8.23. The molecule has 0 bridgehead atoms. The third-order valence-electron chi connectivity index (χ3n) is 4.41. The highest BCUT2D eigenvalue weighted by Gasteiger charge is 2.13. The van der Waals surface area contributed by atoms with Gasteiger partial charge in [0.15, 0.2) is 5.65 Å². The zero-order valence-corrected chi connectivity index (χ0v) is 17.5. The van der Waals surface area contributed by atoms with Crippen molar-refractivity contribution >= 4 is 46.0 Å². The summed E-state index contributed by atoms with van der Waals surface area (Å²) in [5, 5.41) is 9.57. The lowest BCUT2D eigenvalue weighted by Gasteiger charge is -2.09. The molecule has 2 aromatic heterocycles. The Balaban J connectivity index is 1.52. The van der Waals surface area contributed by atoms with Crippen molar-refractivity contribution in [1.82, 2.24) is 19.7 Å². The van der Waals surface area contributed by atoms with Gasteiger partial charge in [0.05, 0.1) is 23.0 Å². The molecule has 0 spiro atoms. The topological polar surface area (TPSA) is 72.7 Å². The first kappa shape index (κ1) is 19.4. The van der Waals surface area contributed by atoms with Crippen molar-refractivity contribution in [3.05, 3.63) is 71.1 Å². The molecule has 0 aliphatic rings. The van der Waals surface area contributed by atoms with Crippen LogP contribution in [0.2, 0.25) is 5.02 Å². The number of carbonyl (C=O) groups is 1. The Labute approximate surface area is 177 Å². The van der Waals surface area contributed by atoms with Crippen LogP contribution in [0.25, 0.3) is 16.7 Å². The van der Waals surface area contributed by atoms with E-state index in [1.807, 2.05) is 44.2 Å². The van der Waals surface area contributed by atoms with Gasteiger partial charge in [-0.3, -0.25) is 4.79 Å². The lowest BCUT2D eigenvalue weighted by molar-refractivity contribution is -0.113. The number of benzene rings is 2. The molecular formula is C21H18ClN5OS. The van der Waals surface area contributed by atoms with E-state index in [2.05, 4.69) is 20.4 Å².